The molecule has 0 spiro atoms. The Morgan fingerprint density at radius 1 is 1.69 bits per heavy atom. The smallest absolute Gasteiger partial charge is 0.327 e. The number of hydrogen-bond donors (Lipinski definition) is 2. The molecule has 13 heavy (non-hydrogen) atoms. The van der Waals surface area contributed by atoms with Crippen molar-refractivity contribution >= 4 is 17.8 Å². The maximum atomic E-state index is 10.5. The van der Waals surface area contributed by atoms with Gasteiger partial charge in [0.25, 0.3) is 0 Å². The fourth-order valence-corrected chi connectivity index (χ4v) is 0.682. The molecule has 0 aromatic rings. The minimum Gasteiger partial charge on any atom is -0.478 e. The molecule has 0 aromatic heterocycles. The number of carboxylic acids is 1. The standard InChI is InChI=1S/C5H7NO2.C3H4O2/c1-3-2-4(7)6-5(3)8;1-2-3(4)5/h3H,2H2,1H3,(H,6,7,8);2H,1H2,(H,4,5). The van der Waals surface area contributed by atoms with E-state index in [1.54, 1.807) is 6.92 Å². The van der Waals surface area contributed by atoms with Gasteiger partial charge in [0, 0.05) is 18.4 Å². The summed E-state index contributed by atoms with van der Waals surface area (Å²) >= 11 is 0. The molecule has 0 aliphatic carbocycles. The number of nitrogens with one attached hydrogen (secondary N) is 1. The maximum Gasteiger partial charge on any atom is 0.327 e. The molecule has 1 atom stereocenters. The third-order valence-electron chi connectivity index (χ3n) is 1.38. The van der Waals surface area contributed by atoms with Crippen LogP contribution in [0.5, 0.6) is 0 Å². The molecule has 5 heteroatoms. The molecule has 1 unspecified atom stereocenters. The predicted molar refractivity (Wildman–Crippen MR) is 44.8 cm³/mol. The average molecular weight is 185 g/mol. The van der Waals surface area contributed by atoms with Gasteiger partial charge in [0.05, 0.1) is 0 Å². The maximum absolute atomic E-state index is 10.5. The Labute approximate surface area is 75.4 Å². The summed E-state index contributed by atoms with van der Waals surface area (Å²) in [5, 5.41) is 9.79. The normalized spacial score (nSPS) is 19.9. The Bertz CT molecular complexity index is 247. The van der Waals surface area contributed by atoms with Crippen molar-refractivity contribution in [2.24, 2.45) is 5.92 Å². The second-order valence-electron chi connectivity index (χ2n) is 2.56. The van der Waals surface area contributed by atoms with Gasteiger partial charge in [0.1, 0.15) is 0 Å². The van der Waals surface area contributed by atoms with Crippen LogP contribution in [0.3, 0.4) is 0 Å². The van der Waals surface area contributed by atoms with E-state index in [2.05, 4.69) is 11.9 Å². The molecular weight excluding hydrogens is 174 g/mol. The van der Waals surface area contributed by atoms with Gasteiger partial charge in [-0.25, -0.2) is 4.79 Å². The summed E-state index contributed by atoms with van der Waals surface area (Å²) in [7, 11) is 0. The van der Waals surface area contributed by atoms with Gasteiger partial charge in [0.2, 0.25) is 11.8 Å². The molecule has 1 saturated heterocycles. The van der Waals surface area contributed by atoms with Crippen LogP contribution >= 0.6 is 0 Å². The fraction of sp³-hybridized carbons (Fsp3) is 0.375. The molecule has 1 aliphatic rings. The van der Waals surface area contributed by atoms with Crippen molar-refractivity contribution in [2.45, 2.75) is 13.3 Å². The lowest BCUT2D eigenvalue weighted by Crippen LogP contribution is -2.20. The van der Waals surface area contributed by atoms with Crippen molar-refractivity contribution in [3.05, 3.63) is 12.7 Å². The molecule has 1 heterocycles. The van der Waals surface area contributed by atoms with Crippen molar-refractivity contribution in [3.63, 3.8) is 0 Å². The van der Waals surface area contributed by atoms with E-state index in [-0.39, 0.29) is 17.7 Å². The van der Waals surface area contributed by atoms with E-state index in [1.807, 2.05) is 0 Å². The van der Waals surface area contributed by atoms with E-state index in [9.17, 15) is 14.4 Å². The predicted octanol–water partition coefficient (Wildman–Crippen LogP) is -0.0740. The molecule has 0 radical (unpaired) electrons. The topological polar surface area (TPSA) is 83.5 Å². The Hall–Kier alpha value is -1.65. The molecule has 2 N–H and O–H groups in total. The number of carboxylic acid groups (broad SMARTS) is 1. The average Bonchev–Trinajstić information content (AvgIpc) is 2.31. The minimum absolute atomic E-state index is 0.109. The van der Waals surface area contributed by atoms with Gasteiger partial charge in [-0.1, -0.05) is 13.5 Å². The highest BCUT2D eigenvalue weighted by atomic mass is 16.4. The Balaban J connectivity index is 0.000000252. The van der Waals surface area contributed by atoms with Gasteiger partial charge in [0.15, 0.2) is 0 Å². The molecule has 1 fully saturated rings. The molecule has 0 aromatic carbocycles. The van der Waals surface area contributed by atoms with E-state index >= 15 is 0 Å². The van der Waals surface area contributed by atoms with Gasteiger partial charge in [-0.3, -0.25) is 14.9 Å². The van der Waals surface area contributed by atoms with E-state index in [0.717, 1.165) is 6.08 Å². The lowest BCUT2D eigenvalue weighted by Gasteiger charge is -1.88. The quantitative estimate of drug-likeness (QED) is 0.442. The summed E-state index contributed by atoms with van der Waals surface area (Å²) < 4.78 is 0. The molecule has 72 valence electrons. The zero-order chi connectivity index (χ0) is 10.4. The van der Waals surface area contributed by atoms with Gasteiger partial charge >= 0.3 is 5.97 Å². The summed E-state index contributed by atoms with van der Waals surface area (Å²) in [4.78, 5) is 30.0. The first kappa shape index (κ1) is 11.4. The first-order chi connectivity index (χ1) is 5.97. The summed E-state index contributed by atoms with van der Waals surface area (Å²) in [6.07, 6.45) is 1.19. The monoisotopic (exact) mass is 185 g/mol. The van der Waals surface area contributed by atoms with Gasteiger partial charge < -0.3 is 5.11 Å². The van der Waals surface area contributed by atoms with Crippen LogP contribution in [-0.4, -0.2) is 22.9 Å². The van der Waals surface area contributed by atoms with E-state index in [4.69, 9.17) is 5.11 Å². The molecule has 1 aliphatic heterocycles. The molecule has 0 bridgehead atoms. The number of carbonyl (C=O) groups is 3. The number of amides is 2. The largest absolute Gasteiger partial charge is 0.478 e. The van der Waals surface area contributed by atoms with E-state index < -0.39 is 5.97 Å². The number of aliphatic carboxylic acids is 1. The zero-order valence-electron chi connectivity index (χ0n) is 7.24. The third kappa shape index (κ3) is 4.73. The summed E-state index contributed by atoms with van der Waals surface area (Å²) in [5.74, 6) is -1.38. The third-order valence-corrected chi connectivity index (χ3v) is 1.38. The minimum atomic E-state index is -0.981. The van der Waals surface area contributed by atoms with Crippen LogP contribution in [0.25, 0.3) is 0 Å². The van der Waals surface area contributed by atoms with Crippen LogP contribution in [0.2, 0.25) is 0 Å². The van der Waals surface area contributed by atoms with Gasteiger partial charge in [-0.15, -0.1) is 0 Å². The van der Waals surface area contributed by atoms with Crippen molar-refractivity contribution in [2.75, 3.05) is 0 Å². The van der Waals surface area contributed by atoms with Crippen molar-refractivity contribution in [3.8, 4) is 0 Å². The number of hydrogen-bond acceptors (Lipinski definition) is 3. The van der Waals surface area contributed by atoms with Crippen LogP contribution in [0.15, 0.2) is 12.7 Å². The Morgan fingerprint density at radius 2 is 2.15 bits per heavy atom. The molecular formula is C8H11NO4. The summed E-state index contributed by atoms with van der Waals surface area (Å²) in [5.41, 5.74) is 0. The van der Waals surface area contributed by atoms with Crippen LogP contribution in [0.1, 0.15) is 13.3 Å². The highest BCUT2D eigenvalue weighted by Crippen LogP contribution is 2.07. The van der Waals surface area contributed by atoms with Crippen LogP contribution in [0, 0.1) is 5.92 Å². The lowest BCUT2D eigenvalue weighted by molar-refractivity contribution is -0.131. The number of rotatable bonds is 1. The van der Waals surface area contributed by atoms with Crippen molar-refractivity contribution in [1.82, 2.24) is 5.32 Å². The van der Waals surface area contributed by atoms with Crippen LogP contribution in [-0.2, 0) is 14.4 Å². The van der Waals surface area contributed by atoms with Gasteiger partial charge in [-0.05, 0) is 0 Å². The van der Waals surface area contributed by atoms with E-state index in [1.165, 1.54) is 0 Å². The molecule has 1 rings (SSSR count). The van der Waals surface area contributed by atoms with Crippen molar-refractivity contribution in [1.29, 1.82) is 0 Å². The first-order valence-corrected chi connectivity index (χ1v) is 3.66. The van der Waals surface area contributed by atoms with E-state index in [0.29, 0.717) is 6.42 Å². The Kier molecular flexibility index (Phi) is 4.43. The summed E-state index contributed by atoms with van der Waals surface area (Å²) in [6.45, 7) is 4.70. The SMILES string of the molecule is C=CC(=O)O.CC1CC(=O)NC1=O. The summed E-state index contributed by atoms with van der Waals surface area (Å²) in [6, 6.07) is 0. The van der Waals surface area contributed by atoms with Crippen LogP contribution < -0.4 is 5.32 Å². The number of imide groups is 1. The number of carbonyl (C=O) groups excluding carboxylic acids is 2. The second kappa shape index (κ2) is 5.08. The van der Waals surface area contributed by atoms with Crippen molar-refractivity contribution < 1.29 is 19.5 Å². The van der Waals surface area contributed by atoms with Crippen LogP contribution in [0.4, 0.5) is 0 Å². The zero-order valence-corrected chi connectivity index (χ0v) is 7.24. The highest BCUT2D eigenvalue weighted by Gasteiger charge is 2.25. The Morgan fingerprint density at radius 3 is 2.23 bits per heavy atom. The fourth-order valence-electron chi connectivity index (χ4n) is 0.682. The second-order valence-corrected chi connectivity index (χ2v) is 2.56. The molecule has 5 nitrogen and oxygen atoms in total. The lowest BCUT2D eigenvalue weighted by atomic mass is 10.1. The van der Waals surface area contributed by atoms with Gasteiger partial charge in [-0.2, -0.15) is 0 Å². The highest BCUT2D eigenvalue weighted by molar-refractivity contribution is 6.03. The molecule has 2 amide bonds. The molecule has 0 saturated carbocycles. The first-order valence-electron chi connectivity index (χ1n) is 3.66.